The first-order valence-corrected chi connectivity index (χ1v) is 10.9. The van der Waals surface area contributed by atoms with Gasteiger partial charge in [-0.3, -0.25) is 4.90 Å². The fraction of sp³-hybridized carbons (Fsp3) is 0.391. The molecule has 2 heterocycles. The third kappa shape index (κ3) is 4.75. The number of methoxy groups -OCH3 is 2. The molecule has 0 atom stereocenters. The number of benzene rings is 2. The number of rotatable bonds is 6. The van der Waals surface area contributed by atoms with E-state index in [1.54, 1.807) is 14.2 Å². The molecule has 1 aromatic heterocycles. The van der Waals surface area contributed by atoms with Crippen molar-refractivity contribution >= 4 is 17.9 Å². The summed E-state index contributed by atoms with van der Waals surface area (Å²) in [6, 6.07) is 16.2. The van der Waals surface area contributed by atoms with Crippen molar-refractivity contribution in [1.82, 2.24) is 19.2 Å². The molecule has 0 bridgehead atoms. The van der Waals surface area contributed by atoms with Crippen molar-refractivity contribution in [1.29, 1.82) is 0 Å². The highest BCUT2D eigenvalue weighted by Crippen LogP contribution is 2.22. The highest BCUT2D eigenvalue weighted by atomic mass is 32.1. The molecule has 0 spiro atoms. The van der Waals surface area contributed by atoms with Crippen LogP contribution in [-0.2, 0) is 13.7 Å². The second-order valence-corrected chi connectivity index (χ2v) is 8.06. The summed E-state index contributed by atoms with van der Waals surface area (Å²) in [5.41, 5.74) is 2.26. The van der Waals surface area contributed by atoms with Crippen molar-refractivity contribution in [3.05, 3.63) is 53.3 Å². The molecule has 1 saturated heterocycles. The molecular formula is C23H29N5O2S. The van der Waals surface area contributed by atoms with Crippen molar-refractivity contribution in [2.24, 2.45) is 7.05 Å². The van der Waals surface area contributed by atoms with Gasteiger partial charge < -0.3 is 18.9 Å². The normalized spacial score (nSPS) is 15.0. The Morgan fingerprint density at radius 3 is 2.16 bits per heavy atom. The van der Waals surface area contributed by atoms with Crippen molar-refractivity contribution in [2.45, 2.75) is 13.1 Å². The lowest BCUT2D eigenvalue weighted by Gasteiger charge is -2.23. The van der Waals surface area contributed by atoms with Crippen molar-refractivity contribution < 1.29 is 9.47 Å². The summed E-state index contributed by atoms with van der Waals surface area (Å²) in [7, 11) is 5.34. The summed E-state index contributed by atoms with van der Waals surface area (Å²) in [6.45, 7) is 4.68. The van der Waals surface area contributed by atoms with Crippen LogP contribution in [0.15, 0.2) is 48.5 Å². The molecule has 164 valence electrons. The molecule has 0 N–H and O–H groups in total. The molecule has 4 rings (SSSR count). The Morgan fingerprint density at radius 1 is 0.871 bits per heavy atom. The zero-order chi connectivity index (χ0) is 21.8. The van der Waals surface area contributed by atoms with Crippen molar-refractivity contribution in [3.63, 3.8) is 0 Å². The first-order valence-electron chi connectivity index (χ1n) is 10.5. The molecule has 1 fully saturated rings. The summed E-state index contributed by atoms with van der Waals surface area (Å²) in [6.07, 6.45) is 1.09. The van der Waals surface area contributed by atoms with E-state index in [0.29, 0.717) is 6.67 Å². The molecule has 2 aromatic carbocycles. The number of hydrogen-bond acceptors (Lipinski definition) is 6. The van der Waals surface area contributed by atoms with Crippen LogP contribution in [0.2, 0.25) is 0 Å². The molecule has 0 unspecified atom stereocenters. The second-order valence-electron chi connectivity index (χ2n) is 7.69. The molecular weight excluding hydrogens is 410 g/mol. The highest BCUT2D eigenvalue weighted by molar-refractivity contribution is 7.71. The Labute approximate surface area is 188 Å². The van der Waals surface area contributed by atoms with E-state index < -0.39 is 0 Å². The van der Waals surface area contributed by atoms with E-state index in [4.69, 9.17) is 26.8 Å². The number of nitrogens with zero attached hydrogens (tertiary/aromatic N) is 5. The van der Waals surface area contributed by atoms with E-state index in [2.05, 4.69) is 21.9 Å². The minimum absolute atomic E-state index is 0.694. The first-order chi connectivity index (χ1) is 15.1. The lowest BCUT2D eigenvalue weighted by atomic mass is 10.2. The number of aromatic nitrogens is 3. The molecule has 0 aliphatic carbocycles. The summed E-state index contributed by atoms with van der Waals surface area (Å²) in [4.78, 5) is 4.85. The molecule has 8 heteroatoms. The molecule has 31 heavy (non-hydrogen) atoms. The average Bonchev–Trinajstić information content (AvgIpc) is 2.97. The fourth-order valence-electron chi connectivity index (χ4n) is 3.92. The Kier molecular flexibility index (Phi) is 6.58. The van der Waals surface area contributed by atoms with Gasteiger partial charge in [-0.25, -0.2) is 4.68 Å². The van der Waals surface area contributed by atoms with Gasteiger partial charge in [0.1, 0.15) is 11.5 Å². The van der Waals surface area contributed by atoms with Gasteiger partial charge in [0.25, 0.3) is 0 Å². The van der Waals surface area contributed by atoms with E-state index in [9.17, 15) is 0 Å². The molecule has 3 aromatic rings. The van der Waals surface area contributed by atoms with Gasteiger partial charge in [-0.15, -0.1) is 0 Å². The maximum Gasteiger partial charge on any atom is 0.199 e. The zero-order valence-corrected chi connectivity index (χ0v) is 19.1. The van der Waals surface area contributed by atoms with Crippen LogP contribution >= 0.6 is 12.2 Å². The predicted octanol–water partition coefficient (Wildman–Crippen LogP) is 3.81. The van der Waals surface area contributed by atoms with Gasteiger partial charge in [-0.1, -0.05) is 0 Å². The Morgan fingerprint density at radius 2 is 1.52 bits per heavy atom. The third-order valence-electron chi connectivity index (χ3n) is 5.75. The minimum Gasteiger partial charge on any atom is -0.497 e. The molecule has 1 aliphatic heterocycles. The van der Waals surface area contributed by atoms with E-state index in [0.717, 1.165) is 60.3 Å². The van der Waals surface area contributed by atoms with Gasteiger partial charge in [0.05, 0.1) is 20.9 Å². The number of hydrogen-bond donors (Lipinski definition) is 0. The lowest BCUT2D eigenvalue weighted by Crippen LogP contribution is -2.32. The quantitative estimate of drug-likeness (QED) is 0.545. The standard InChI is InChI=1S/C23H29N5O2S/c1-25-22(18-5-9-20(29-2)10-6-18)24-28(23(25)31)17-26-13-4-14-27(16-15-26)19-7-11-21(30-3)12-8-19/h5-12H,4,13-17H2,1-3H3. The summed E-state index contributed by atoms with van der Waals surface area (Å²) in [5, 5.41) is 4.82. The molecule has 1 aliphatic rings. The van der Waals surface area contributed by atoms with Crippen LogP contribution in [0.3, 0.4) is 0 Å². The second kappa shape index (κ2) is 9.53. The van der Waals surface area contributed by atoms with Crippen LogP contribution in [0.4, 0.5) is 5.69 Å². The Bertz CT molecular complexity index is 1060. The topological polar surface area (TPSA) is 47.7 Å². The van der Waals surface area contributed by atoms with Crippen LogP contribution in [0, 0.1) is 4.77 Å². The van der Waals surface area contributed by atoms with E-state index >= 15 is 0 Å². The van der Waals surface area contributed by atoms with Gasteiger partial charge in [-0.05, 0) is 67.2 Å². The third-order valence-corrected chi connectivity index (χ3v) is 6.23. The van der Waals surface area contributed by atoms with Gasteiger partial charge in [-0.2, -0.15) is 5.10 Å². The largest absolute Gasteiger partial charge is 0.497 e. The van der Waals surface area contributed by atoms with E-state index in [1.807, 2.05) is 52.7 Å². The zero-order valence-electron chi connectivity index (χ0n) is 18.3. The van der Waals surface area contributed by atoms with Gasteiger partial charge in [0.2, 0.25) is 0 Å². The van der Waals surface area contributed by atoms with E-state index in [1.165, 1.54) is 5.69 Å². The first kappa shape index (κ1) is 21.4. The molecule has 7 nitrogen and oxygen atoms in total. The number of ether oxygens (including phenoxy) is 2. The SMILES string of the molecule is COc1ccc(-c2nn(CN3CCCN(c4ccc(OC)cc4)CC3)c(=S)n2C)cc1. The summed E-state index contributed by atoms with van der Waals surface area (Å²) >= 11 is 5.68. The Balaban J connectivity index is 1.45. The number of anilines is 1. The van der Waals surface area contributed by atoms with Crippen LogP contribution in [0.5, 0.6) is 11.5 Å². The molecule has 0 radical (unpaired) electrons. The smallest absolute Gasteiger partial charge is 0.199 e. The van der Waals surface area contributed by atoms with Gasteiger partial charge in [0.15, 0.2) is 10.6 Å². The van der Waals surface area contributed by atoms with Crippen LogP contribution in [-0.4, -0.2) is 59.6 Å². The van der Waals surface area contributed by atoms with Gasteiger partial charge in [0, 0.05) is 44.5 Å². The van der Waals surface area contributed by atoms with E-state index in [-0.39, 0.29) is 0 Å². The maximum atomic E-state index is 5.68. The van der Waals surface area contributed by atoms with Gasteiger partial charge >= 0.3 is 0 Å². The monoisotopic (exact) mass is 439 g/mol. The van der Waals surface area contributed by atoms with Crippen LogP contribution < -0.4 is 14.4 Å². The van der Waals surface area contributed by atoms with Crippen LogP contribution in [0.25, 0.3) is 11.4 Å². The average molecular weight is 440 g/mol. The summed E-state index contributed by atoms with van der Waals surface area (Å²) in [5.74, 6) is 2.58. The predicted molar refractivity (Wildman–Crippen MR) is 125 cm³/mol. The summed E-state index contributed by atoms with van der Waals surface area (Å²) < 4.78 is 15.2. The minimum atomic E-state index is 0.694. The molecule has 0 saturated carbocycles. The maximum absolute atomic E-state index is 5.68. The van der Waals surface area contributed by atoms with Crippen molar-refractivity contribution in [2.75, 3.05) is 45.3 Å². The van der Waals surface area contributed by atoms with Crippen LogP contribution in [0.1, 0.15) is 6.42 Å². The fourth-order valence-corrected chi connectivity index (χ4v) is 4.11. The lowest BCUT2D eigenvalue weighted by molar-refractivity contribution is 0.219. The molecule has 0 amide bonds. The Hall–Kier alpha value is -2.84. The highest BCUT2D eigenvalue weighted by Gasteiger charge is 2.18. The van der Waals surface area contributed by atoms with Crippen molar-refractivity contribution in [3.8, 4) is 22.9 Å².